The van der Waals surface area contributed by atoms with Gasteiger partial charge >= 0.3 is 0 Å². The van der Waals surface area contributed by atoms with Gasteiger partial charge in [-0.2, -0.15) is 0 Å². The van der Waals surface area contributed by atoms with E-state index in [4.69, 9.17) is 4.74 Å². The summed E-state index contributed by atoms with van der Waals surface area (Å²) in [6, 6.07) is 8.38. The van der Waals surface area contributed by atoms with Crippen molar-refractivity contribution in [3.63, 3.8) is 0 Å². The van der Waals surface area contributed by atoms with E-state index in [0.29, 0.717) is 0 Å². The van der Waals surface area contributed by atoms with Gasteiger partial charge in [-0.05, 0) is 51.2 Å². The van der Waals surface area contributed by atoms with Crippen LogP contribution < -0.4 is 4.74 Å². The topological polar surface area (TPSA) is 12.5 Å². The van der Waals surface area contributed by atoms with Crippen LogP contribution in [0.25, 0.3) is 0 Å². The molecule has 0 saturated heterocycles. The standard InChI is InChI=1S/C13H20BrNO/c1-15(2)9-4-6-12-5-3-7-13(11-12)16-10-8-14/h3,5,7,11H,4,6,8-10H2,1-2H3. The minimum atomic E-state index is 0.723. The minimum absolute atomic E-state index is 0.723. The predicted octanol–water partition coefficient (Wildman–Crippen LogP) is 2.95. The molecule has 0 fully saturated rings. The van der Waals surface area contributed by atoms with Crippen molar-refractivity contribution in [2.24, 2.45) is 0 Å². The molecule has 1 aromatic carbocycles. The lowest BCUT2D eigenvalue weighted by atomic mass is 10.1. The van der Waals surface area contributed by atoms with E-state index in [9.17, 15) is 0 Å². The van der Waals surface area contributed by atoms with Gasteiger partial charge in [0.2, 0.25) is 0 Å². The first-order chi connectivity index (χ1) is 7.72. The van der Waals surface area contributed by atoms with Crippen LogP contribution in [0, 0.1) is 0 Å². The number of hydrogen-bond donors (Lipinski definition) is 0. The molecule has 0 aromatic heterocycles. The Kier molecular flexibility index (Phi) is 6.50. The van der Waals surface area contributed by atoms with Gasteiger partial charge in [0.1, 0.15) is 5.75 Å². The molecule has 0 spiro atoms. The monoisotopic (exact) mass is 285 g/mol. The van der Waals surface area contributed by atoms with Crippen LogP contribution in [-0.2, 0) is 6.42 Å². The average Bonchev–Trinajstić information content (AvgIpc) is 2.26. The summed E-state index contributed by atoms with van der Waals surface area (Å²) >= 11 is 3.35. The maximum Gasteiger partial charge on any atom is 0.119 e. The lowest BCUT2D eigenvalue weighted by molar-refractivity contribution is 0.344. The maximum absolute atomic E-state index is 5.57. The molecule has 0 aliphatic carbocycles. The van der Waals surface area contributed by atoms with E-state index in [-0.39, 0.29) is 0 Å². The molecule has 16 heavy (non-hydrogen) atoms. The number of hydrogen-bond acceptors (Lipinski definition) is 2. The van der Waals surface area contributed by atoms with Crippen molar-refractivity contribution >= 4 is 15.9 Å². The minimum Gasteiger partial charge on any atom is -0.493 e. The van der Waals surface area contributed by atoms with Gasteiger partial charge < -0.3 is 9.64 Å². The number of halogens is 1. The number of rotatable bonds is 7. The molecule has 90 valence electrons. The van der Waals surface area contributed by atoms with Crippen LogP contribution in [0.1, 0.15) is 12.0 Å². The highest BCUT2D eigenvalue weighted by Crippen LogP contribution is 2.14. The second kappa shape index (κ2) is 7.69. The Morgan fingerprint density at radius 2 is 2.12 bits per heavy atom. The fourth-order valence-electron chi connectivity index (χ4n) is 1.55. The third kappa shape index (κ3) is 5.52. The predicted molar refractivity (Wildman–Crippen MR) is 72.6 cm³/mol. The average molecular weight is 286 g/mol. The lowest BCUT2D eigenvalue weighted by Crippen LogP contribution is -2.13. The van der Waals surface area contributed by atoms with Crippen molar-refractivity contribution in [1.29, 1.82) is 0 Å². The van der Waals surface area contributed by atoms with E-state index in [1.54, 1.807) is 0 Å². The number of aryl methyl sites for hydroxylation is 1. The van der Waals surface area contributed by atoms with Gasteiger partial charge in [-0.15, -0.1) is 0 Å². The fraction of sp³-hybridized carbons (Fsp3) is 0.538. The van der Waals surface area contributed by atoms with Crippen molar-refractivity contribution < 1.29 is 4.74 Å². The zero-order valence-electron chi connectivity index (χ0n) is 10.1. The lowest BCUT2D eigenvalue weighted by Gasteiger charge is -2.10. The molecular weight excluding hydrogens is 266 g/mol. The molecule has 0 saturated carbocycles. The molecule has 3 heteroatoms. The molecule has 0 amide bonds. The molecular formula is C13H20BrNO. The molecule has 0 heterocycles. The number of alkyl halides is 1. The Labute approximate surface area is 107 Å². The molecule has 0 N–H and O–H groups in total. The summed E-state index contributed by atoms with van der Waals surface area (Å²) in [5, 5.41) is 0.873. The van der Waals surface area contributed by atoms with E-state index in [2.05, 4.69) is 53.1 Å². The van der Waals surface area contributed by atoms with Crippen LogP contribution in [0.3, 0.4) is 0 Å². The van der Waals surface area contributed by atoms with Crippen molar-refractivity contribution in [1.82, 2.24) is 4.90 Å². The zero-order valence-corrected chi connectivity index (χ0v) is 11.7. The second-order valence-electron chi connectivity index (χ2n) is 4.09. The Balaban J connectivity index is 2.40. The fourth-order valence-corrected chi connectivity index (χ4v) is 1.71. The SMILES string of the molecule is CN(C)CCCc1cccc(OCCBr)c1. The van der Waals surface area contributed by atoms with E-state index in [0.717, 1.165) is 30.7 Å². The molecule has 0 bridgehead atoms. The van der Waals surface area contributed by atoms with Crippen molar-refractivity contribution in [3.8, 4) is 5.75 Å². The second-order valence-corrected chi connectivity index (χ2v) is 4.88. The van der Waals surface area contributed by atoms with Gasteiger partial charge in [-0.25, -0.2) is 0 Å². The van der Waals surface area contributed by atoms with Crippen molar-refractivity contribution in [3.05, 3.63) is 29.8 Å². The maximum atomic E-state index is 5.57. The van der Waals surface area contributed by atoms with Crippen LogP contribution in [0.5, 0.6) is 5.75 Å². The molecule has 1 aromatic rings. The first-order valence-corrected chi connectivity index (χ1v) is 6.77. The molecule has 0 unspecified atom stereocenters. The highest BCUT2D eigenvalue weighted by Gasteiger charge is 1.98. The number of benzene rings is 1. The van der Waals surface area contributed by atoms with Crippen LogP contribution in [-0.4, -0.2) is 37.5 Å². The van der Waals surface area contributed by atoms with Crippen LogP contribution in [0.4, 0.5) is 0 Å². The third-order valence-electron chi connectivity index (χ3n) is 2.32. The highest BCUT2D eigenvalue weighted by atomic mass is 79.9. The third-order valence-corrected chi connectivity index (χ3v) is 2.64. The number of ether oxygens (including phenoxy) is 1. The summed E-state index contributed by atoms with van der Waals surface area (Å²) in [6.07, 6.45) is 2.30. The first-order valence-electron chi connectivity index (χ1n) is 5.65. The van der Waals surface area contributed by atoms with Crippen LogP contribution in [0.15, 0.2) is 24.3 Å². The van der Waals surface area contributed by atoms with Crippen LogP contribution >= 0.6 is 15.9 Å². The Morgan fingerprint density at radius 3 is 2.81 bits per heavy atom. The van der Waals surface area contributed by atoms with Gasteiger partial charge in [0.25, 0.3) is 0 Å². The van der Waals surface area contributed by atoms with Gasteiger partial charge in [-0.1, -0.05) is 28.1 Å². The number of nitrogens with zero attached hydrogens (tertiary/aromatic N) is 1. The van der Waals surface area contributed by atoms with E-state index in [1.165, 1.54) is 12.0 Å². The summed E-state index contributed by atoms with van der Waals surface area (Å²) in [4.78, 5) is 2.21. The molecule has 0 aliphatic heterocycles. The Morgan fingerprint density at radius 1 is 1.31 bits per heavy atom. The van der Waals surface area contributed by atoms with Gasteiger partial charge in [0.05, 0.1) is 6.61 Å². The molecule has 0 atom stereocenters. The Hall–Kier alpha value is -0.540. The summed E-state index contributed by atoms with van der Waals surface area (Å²) in [5.41, 5.74) is 1.36. The van der Waals surface area contributed by atoms with E-state index in [1.807, 2.05) is 6.07 Å². The smallest absolute Gasteiger partial charge is 0.119 e. The highest BCUT2D eigenvalue weighted by molar-refractivity contribution is 9.09. The Bertz CT molecular complexity index is 302. The molecule has 2 nitrogen and oxygen atoms in total. The summed E-state index contributed by atoms with van der Waals surface area (Å²) < 4.78 is 5.57. The largest absolute Gasteiger partial charge is 0.493 e. The van der Waals surface area contributed by atoms with Gasteiger partial charge in [-0.3, -0.25) is 0 Å². The molecule has 0 aliphatic rings. The summed E-state index contributed by atoms with van der Waals surface area (Å²) in [7, 11) is 4.21. The van der Waals surface area contributed by atoms with Crippen molar-refractivity contribution in [2.75, 3.05) is 32.6 Å². The first kappa shape index (κ1) is 13.5. The summed E-state index contributed by atoms with van der Waals surface area (Å²) in [6.45, 7) is 1.85. The zero-order chi connectivity index (χ0) is 11.8. The molecule has 1 rings (SSSR count). The van der Waals surface area contributed by atoms with E-state index < -0.39 is 0 Å². The molecule has 0 radical (unpaired) electrons. The van der Waals surface area contributed by atoms with E-state index >= 15 is 0 Å². The van der Waals surface area contributed by atoms with Crippen LogP contribution in [0.2, 0.25) is 0 Å². The quantitative estimate of drug-likeness (QED) is 0.715. The van der Waals surface area contributed by atoms with Crippen molar-refractivity contribution in [2.45, 2.75) is 12.8 Å². The van der Waals surface area contributed by atoms with Gasteiger partial charge in [0, 0.05) is 5.33 Å². The van der Waals surface area contributed by atoms with Gasteiger partial charge in [0.15, 0.2) is 0 Å². The summed E-state index contributed by atoms with van der Waals surface area (Å²) in [5.74, 6) is 0.974. The normalized spacial score (nSPS) is 10.8.